The van der Waals surface area contributed by atoms with E-state index in [0.29, 0.717) is 0 Å². The zero-order chi connectivity index (χ0) is 17.3. The molecule has 1 amide bonds. The molecule has 128 valence electrons. The number of carbonyl (C=O) groups excluding carboxylic acids is 1. The van der Waals surface area contributed by atoms with E-state index in [1.807, 2.05) is 0 Å². The first-order valence-electron chi connectivity index (χ1n) is 6.87. The van der Waals surface area contributed by atoms with Crippen molar-refractivity contribution in [2.45, 2.75) is 57.8 Å². The number of carbonyl (C=O) groups is 2. The van der Waals surface area contributed by atoms with Gasteiger partial charge in [-0.25, -0.2) is 9.59 Å². The van der Waals surface area contributed by atoms with E-state index < -0.39 is 39.4 Å². The van der Waals surface area contributed by atoms with Gasteiger partial charge in [0, 0.05) is 13.0 Å². The summed E-state index contributed by atoms with van der Waals surface area (Å²) >= 11 is 0. The van der Waals surface area contributed by atoms with E-state index in [1.165, 1.54) is 6.92 Å². The number of carboxylic acid groups (broad SMARTS) is 1. The fraction of sp³-hybridized carbons (Fsp3) is 0.846. The molecule has 9 heteroatoms. The Morgan fingerprint density at radius 3 is 2.27 bits per heavy atom. The number of amides is 1. The minimum absolute atomic E-state index is 0.0396. The molecule has 2 atom stereocenters. The Morgan fingerprint density at radius 2 is 1.86 bits per heavy atom. The van der Waals surface area contributed by atoms with Crippen LogP contribution in [0.25, 0.3) is 0 Å². The van der Waals surface area contributed by atoms with Crippen molar-refractivity contribution in [1.82, 2.24) is 4.90 Å². The zero-order valence-electron chi connectivity index (χ0n) is 13.5. The standard InChI is InChI=1S/C13H23NO7S/c1-12(2,3)20-11(17)14-7-6-9(21-22(5,18)19)8-13(14,4)10(15)16/h9H,6-8H2,1-5H3,(H,15,16)/t9-,13+/m0/s1. The lowest BCUT2D eigenvalue weighted by Crippen LogP contribution is -2.61. The highest BCUT2D eigenvalue weighted by molar-refractivity contribution is 7.86. The molecule has 1 fully saturated rings. The van der Waals surface area contributed by atoms with Crippen LogP contribution in [0.1, 0.15) is 40.5 Å². The van der Waals surface area contributed by atoms with E-state index in [2.05, 4.69) is 0 Å². The molecular weight excluding hydrogens is 314 g/mol. The molecule has 0 aromatic carbocycles. The highest BCUT2D eigenvalue weighted by Gasteiger charge is 2.49. The Kier molecular flexibility index (Phi) is 5.13. The molecule has 1 heterocycles. The van der Waals surface area contributed by atoms with Crippen LogP contribution in [0.3, 0.4) is 0 Å². The number of nitrogens with zero attached hydrogens (tertiary/aromatic N) is 1. The smallest absolute Gasteiger partial charge is 0.411 e. The number of likely N-dealkylation sites (tertiary alicyclic amines) is 1. The van der Waals surface area contributed by atoms with Gasteiger partial charge < -0.3 is 9.84 Å². The van der Waals surface area contributed by atoms with Crippen molar-refractivity contribution in [3.05, 3.63) is 0 Å². The Morgan fingerprint density at radius 1 is 1.32 bits per heavy atom. The van der Waals surface area contributed by atoms with Crippen LogP contribution in [0.4, 0.5) is 4.79 Å². The largest absolute Gasteiger partial charge is 0.480 e. The molecule has 0 bridgehead atoms. The second kappa shape index (κ2) is 6.04. The first-order valence-corrected chi connectivity index (χ1v) is 8.68. The van der Waals surface area contributed by atoms with Crippen molar-refractivity contribution in [3.63, 3.8) is 0 Å². The minimum atomic E-state index is -3.69. The lowest BCUT2D eigenvalue weighted by Gasteiger charge is -2.44. The van der Waals surface area contributed by atoms with Gasteiger partial charge in [-0.2, -0.15) is 8.42 Å². The van der Waals surface area contributed by atoms with Gasteiger partial charge in [0.25, 0.3) is 10.1 Å². The van der Waals surface area contributed by atoms with E-state index >= 15 is 0 Å². The molecule has 0 aromatic rings. The molecule has 0 radical (unpaired) electrons. The number of hydrogen-bond acceptors (Lipinski definition) is 6. The average molecular weight is 337 g/mol. The SMILES string of the molecule is CC(C)(C)OC(=O)N1CC[C@H](OS(C)(=O)=O)C[C@]1(C)C(=O)O. The maximum atomic E-state index is 12.2. The van der Waals surface area contributed by atoms with Gasteiger partial charge in [-0.1, -0.05) is 0 Å². The number of hydrogen-bond donors (Lipinski definition) is 1. The molecule has 1 aliphatic rings. The molecule has 0 aliphatic carbocycles. The summed E-state index contributed by atoms with van der Waals surface area (Å²) in [6.45, 7) is 6.45. The van der Waals surface area contributed by atoms with Crippen LogP contribution >= 0.6 is 0 Å². The summed E-state index contributed by atoms with van der Waals surface area (Å²) in [5, 5.41) is 9.48. The fourth-order valence-electron chi connectivity index (χ4n) is 2.32. The molecule has 0 spiro atoms. The van der Waals surface area contributed by atoms with Gasteiger partial charge in [0.2, 0.25) is 0 Å². The number of piperidine rings is 1. The monoisotopic (exact) mass is 337 g/mol. The second-order valence-electron chi connectivity index (χ2n) is 6.63. The maximum Gasteiger partial charge on any atom is 0.411 e. The van der Waals surface area contributed by atoms with Crippen molar-refractivity contribution in [2.75, 3.05) is 12.8 Å². The summed E-state index contributed by atoms with van der Waals surface area (Å²) in [5.41, 5.74) is -2.34. The minimum Gasteiger partial charge on any atom is -0.480 e. The topological polar surface area (TPSA) is 110 Å². The van der Waals surface area contributed by atoms with Crippen LogP contribution in [-0.2, 0) is 23.8 Å². The summed E-state index contributed by atoms with van der Waals surface area (Å²) in [6, 6.07) is 0. The summed E-state index contributed by atoms with van der Waals surface area (Å²) in [5.74, 6) is -1.24. The van der Waals surface area contributed by atoms with Gasteiger partial charge in [0.05, 0.1) is 12.4 Å². The third-order valence-corrected chi connectivity index (χ3v) is 3.90. The Bertz CT molecular complexity index is 551. The number of aliphatic carboxylic acids is 1. The first kappa shape index (κ1) is 18.7. The van der Waals surface area contributed by atoms with Gasteiger partial charge in [0.1, 0.15) is 11.1 Å². The summed E-state index contributed by atoms with van der Waals surface area (Å²) in [7, 11) is -3.69. The number of carboxylic acids is 1. The molecule has 22 heavy (non-hydrogen) atoms. The normalized spacial score (nSPS) is 26.6. The molecule has 1 N–H and O–H groups in total. The predicted molar refractivity (Wildman–Crippen MR) is 77.9 cm³/mol. The van der Waals surface area contributed by atoms with E-state index in [4.69, 9.17) is 8.92 Å². The summed E-state index contributed by atoms with van der Waals surface area (Å²) < 4.78 is 32.5. The van der Waals surface area contributed by atoms with Crippen molar-refractivity contribution in [1.29, 1.82) is 0 Å². The van der Waals surface area contributed by atoms with E-state index in [1.54, 1.807) is 20.8 Å². The lowest BCUT2D eigenvalue weighted by molar-refractivity contribution is -0.154. The molecular formula is C13H23NO7S. The van der Waals surface area contributed by atoms with E-state index in [0.717, 1.165) is 11.2 Å². The molecule has 0 unspecified atom stereocenters. The average Bonchev–Trinajstić information content (AvgIpc) is 2.23. The lowest BCUT2D eigenvalue weighted by atomic mass is 9.87. The van der Waals surface area contributed by atoms with Crippen molar-refractivity contribution in [3.8, 4) is 0 Å². The van der Waals surface area contributed by atoms with Gasteiger partial charge in [-0.15, -0.1) is 0 Å². The molecule has 0 saturated carbocycles. The van der Waals surface area contributed by atoms with Gasteiger partial charge in [0.15, 0.2) is 0 Å². The quantitative estimate of drug-likeness (QED) is 0.770. The Balaban J connectivity index is 2.97. The Labute approximate surface area is 130 Å². The summed E-state index contributed by atoms with van der Waals surface area (Å²) in [4.78, 5) is 24.9. The van der Waals surface area contributed by atoms with Crippen LogP contribution in [0.2, 0.25) is 0 Å². The molecule has 1 aliphatic heterocycles. The van der Waals surface area contributed by atoms with Crippen LogP contribution in [-0.4, -0.2) is 60.5 Å². The second-order valence-corrected chi connectivity index (χ2v) is 8.23. The first-order chi connectivity index (χ1) is 9.74. The molecule has 1 saturated heterocycles. The Hall–Kier alpha value is -1.35. The van der Waals surface area contributed by atoms with Gasteiger partial charge in [-0.3, -0.25) is 9.08 Å². The van der Waals surface area contributed by atoms with Gasteiger partial charge >= 0.3 is 12.1 Å². The third kappa shape index (κ3) is 4.84. The van der Waals surface area contributed by atoms with Crippen LogP contribution in [0.5, 0.6) is 0 Å². The number of rotatable bonds is 3. The van der Waals surface area contributed by atoms with E-state index in [9.17, 15) is 23.1 Å². The van der Waals surface area contributed by atoms with Crippen LogP contribution in [0.15, 0.2) is 0 Å². The molecule has 0 aromatic heterocycles. The van der Waals surface area contributed by atoms with Crippen molar-refractivity contribution in [2.24, 2.45) is 0 Å². The fourth-order valence-corrected chi connectivity index (χ4v) is 2.98. The predicted octanol–water partition coefficient (Wildman–Crippen LogP) is 1.21. The van der Waals surface area contributed by atoms with Gasteiger partial charge in [-0.05, 0) is 34.1 Å². The zero-order valence-corrected chi connectivity index (χ0v) is 14.3. The van der Waals surface area contributed by atoms with Crippen molar-refractivity contribution >= 4 is 22.2 Å². The summed E-state index contributed by atoms with van der Waals surface area (Å²) in [6.07, 6.45) is -0.528. The van der Waals surface area contributed by atoms with Crippen LogP contribution < -0.4 is 0 Å². The van der Waals surface area contributed by atoms with Crippen LogP contribution in [0, 0.1) is 0 Å². The number of ether oxygens (including phenoxy) is 1. The van der Waals surface area contributed by atoms with E-state index in [-0.39, 0.29) is 19.4 Å². The molecule has 1 rings (SSSR count). The third-order valence-electron chi connectivity index (χ3n) is 3.28. The van der Waals surface area contributed by atoms with Crippen molar-refractivity contribution < 1.29 is 32.0 Å². The maximum absolute atomic E-state index is 12.2. The highest BCUT2D eigenvalue weighted by Crippen LogP contribution is 2.32. The molecule has 8 nitrogen and oxygen atoms in total. The highest BCUT2D eigenvalue weighted by atomic mass is 32.2.